The van der Waals surface area contributed by atoms with Gasteiger partial charge in [-0.2, -0.15) is 0 Å². The summed E-state index contributed by atoms with van der Waals surface area (Å²) in [6.45, 7) is 4.85. The van der Waals surface area contributed by atoms with Crippen molar-refractivity contribution < 1.29 is 23.5 Å². The molecule has 2 heterocycles. The average Bonchev–Trinajstić information content (AvgIpc) is 3.47. The molecular weight excluding hydrogens is 470 g/mol. The third kappa shape index (κ3) is 8.77. The lowest BCUT2D eigenvalue weighted by Crippen LogP contribution is -2.48. The van der Waals surface area contributed by atoms with Crippen LogP contribution in [0.5, 0.6) is 5.75 Å². The number of hydrogen-bond acceptors (Lipinski definition) is 6. The van der Waals surface area contributed by atoms with Crippen LogP contribution in [0.4, 0.5) is 0 Å². The number of nitrogens with zero attached hydrogens (tertiary/aromatic N) is 3. The summed E-state index contributed by atoms with van der Waals surface area (Å²) in [5.41, 5.74) is 1.15. The number of benzene rings is 2. The first-order valence-electron chi connectivity index (χ1n) is 12.8. The molecule has 0 N–H and O–H groups in total. The van der Waals surface area contributed by atoms with E-state index in [0.29, 0.717) is 57.3 Å². The Labute approximate surface area is 218 Å². The normalized spacial score (nSPS) is 13.7. The van der Waals surface area contributed by atoms with E-state index in [1.54, 1.807) is 16.1 Å². The summed E-state index contributed by atoms with van der Waals surface area (Å²) in [5, 5.41) is 0. The van der Waals surface area contributed by atoms with E-state index in [1.165, 1.54) is 0 Å². The van der Waals surface area contributed by atoms with Crippen LogP contribution in [0.2, 0.25) is 0 Å². The SMILES string of the molecule is O=C(COc1ccccc1)N(CCN1CCOCC1)CC(=O)N(CCc1ccccc1)Cc1ccco1. The first kappa shape index (κ1) is 26.4. The number of para-hydroxylation sites is 1. The van der Waals surface area contributed by atoms with Crippen molar-refractivity contribution in [2.75, 3.05) is 59.1 Å². The summed E-state index contributed by atoms with van der Waals surface area (Å²) in [7, 11) is 0. The van der Waals surface area contributed by atoms with Gasteiger partial charge in [0.25, 0.3) is 5.91 Å². The van der Waals surface area contributed by atoms with Crippen LogP contribution in [0.15, 0.2) is 83.5 Å². The molecule has 1 aliphatic rings. The number of morpholine rings is 1. The highest BCUT2D eigenvalue weighted by Gasteiger charge is 2.23. The van der Waals surface area contributed by atoms with Crippen molar-refractivity contribution in [3.8, 4) is 5.75 Å². The van der Waals surface area contributed by atoms with Crippen LogP contribution >= 0.6 is 0 Å². The highest BCUT2D eigenvalue weighted by molar-refractivity contribution is 5.85. The second-order valence-electron chi connectivity index (χ2n) is 9.00. The quantitative estimate of drug-likeness (QED) is 0.355. The van der Waals surface area contributed by atoms with Crippen LogP contribution in [0.1, 0.15) is 11.3 Å². The van der Waals surface area contributed by atoms with Gasteiger partial charge in [-0.25, -0.2) is 0 Å². The molecule has 0 atom stereocenters. The molecule has 0 unspecified atom stereocenters. The van der Waals surface area contributed by atoms with Gasteiger partial charge in [-0.15, -0.1) is 0 Å². The van der Waals surface area contributed by atoms with Crippen molar-refractivity contribution >= 4 is 11.8 Å². The molecule has 0 radical (unpaired) electrons. The molecule has 8 nitrogen and oxygen atoms in total. The van der Waals surface area contributed by atoms with Crippen LogP contribution in [-0.2, 0) is 27.3 Å². The van der Waals surface area contributed by atoms with Crippen molar-refractivity contribution in [3.05, 3.63) is 90.4 Å². The highest BCUT2D eigenvalue weighted by atomic mass is 16.5. The van der Waals surface area contributed by atoms with E-state index >= 15 is 0 Å². The minimum Gasteiger partial charge on any atom is -0.484 e. The van der Waals surface area contributed by atoms with E-state index in [2.05, 4.69) is 17.0 Å². The second kappa shape index (κ2) is 14.2. The van der Waals surface area contributed by atoms with E-state index in [0.717, 1.165) is 18.7 Å². The van der Waals surface area contributed by atoms with Gasteiger partial charge >= 0.3 is 0 Å². The number of amides is 2. The smallest absolute Gasteiger partial charge is 0.261 e. The molecule has 1 saturated heterocycles. The molecule has 196 valence electrons. The summed E-state index contributed by atoms with van der Waals surface area (Å²) in [6, 6.07) is 23.0. The molecule has 3 aromatic rings. The molecule has 0 bridgehead atoms. The Morgan fingerprint density at radius 3 is 2.27 bits per heavy atom. The first-order chi connectivity index (χ1) is 18.2. The Hall–Kier alpha value is -3.62. The van der Waals surface area contributed by atoms with Crippen LogP contribution in [0.3, 0.4) is 0 Å². The molecule has 0 aliphatic carbocycles. The van der Waals surface area contributed by atoms with Gasteiger partial charge in [0.15, 0.2) is 6.61 Å². The molecule has 4 rings (SSSR count). The van der Waals surface area contributed by atoms with Crippen LogP contribution in [0.25, 0.3) is 0 Å². The van der Waals surface area contributed by atoms with Gasteiger partial charge in [-0.3, -0.25) is 14.5 Å². The summed E-state index contributed by atoms with van der Waals surface area (Å²) in [4.78, 5) is 32.4. The maximum Gasteiger partial charge on any atom is 0.261 e. The number of carbonyl (C=O) groups excluding carboxylic acids is 2. The van der Waals surface area contributed by atoms with E-state index in [9.17, 15) is 9.59 Å². The van der Waals surface area contributed by atoms with Gasteiger partial charge in [-0.05, 0) is 36.2 Å². The third-order valence-electron chi connectivity index (χ3n) is 6.37. The molecule has 1 aliphatic heterocycles. The summed E-state index contributed by atoms with van der Waals surface area (Å²) in [5.74, 6) is 0.992. The van der Waals surface area contributed by atoms with Crippen LogP contribution < -0.4 is 4.74 Å². The van der Waals surface area contributed by atoms with E-state index < -0.39 is 0 Å². The zero-order valence-corrected chi connectivity index (χ0v) is 21.2. The Morgan fingerprint density at radius 2 is 1.57 bits per heavy atom. The second-order valence-corrected chi connectivity index (χ2v) is 9.00. The third-order valence-corrected chi connectivity index (χ3v) is 6.37. The summed E-state index contributed by atoms with van der Waals surface area (Å²) >= 11 is 0. The molecule has 1 fully saturated rings. The van der Waals surface area contributed by atoms with Crippen molar-refractivity contribution in [2.45, 2.75) is 13.0 Å². The number of hydrogen-bond donors (Lipinski definition) is 0. The zero-order chi connectivity index (χ0) is 25.7. The number of rotatable bonds is 13. The fraction of sp³-hybridized carbons (Fsp3) is 0.379. The van der Waals surface area contributed by atoms with Crippen LogP contribution in [-0.4, -0.2) is 85.6 Å². The van der Waals surface area contributed by atoms with Gasteiger partial charge in [0, 0.05) is 32.7 Å². The van der Waals surface area contributed by atoms with Gasteiger partial charge in [0.2, 0.25) is 5.91 Å². The maximum atomic E-state index is 13.5. The lowest BCUT2D eigenvalue weighted by molar-refractivity contribution is -0.142. The van der Waals surface area contributed by atoms with Crippen molar-refractivity contribution in [1.82, 2.24) is 14.7 Å². The summed E-state index contributed by atoms with van der Waals surface area (Å²) in [6.07, 6.45) is 2.32. The number of carbonyl (C=O) groups is 2. The van der Waals surface area contributed by atoms with E-state index in [-0.39, 0.29) is 25.0 Å². The zero-order valence-electron chi connectivity index (χ0n) is 21.2. The predicted molar refractivity (Wildman–Crippen MR) is 140 cm³/mol. The molecule has 0 spiro atoms. The first-order valence-corrected chi connectivity index (χ1v) is 12.8. The van der Waals surface area contributed by atoms with Gasteiger partial charge < -0.3 is 23.7 Å². The summed E-state index contributed by atoms with van der Waals surface area (Å²) < 4.78 is 16.7. The van der Waals surface area contributed by atoms with Crippen molar-refractivity contribution in [1.29, 1.82) is 0 Å². The van der Waals surface area contributed by atoms with Gasteiger partial charge in [0.05, 0.1) is 32.6 Å². The lowest BCUT2D eigenvalue weighted by atomic mass is 10.1. The van der Waals surface area contributed by atoms with Crippen molar-refractivity contribution in [2.24, 2.45) is 0 Å². The molecule has 2 amide bonds. The maximum absolute atomic E-state index is 13.5. The monoisotopic (exact) mass is 505 g/mol. The number of furan rings is 1. The molecule has 8 heteroatoms. The van der Waals surface area contributed by atoms with Crippen LogP contribution in [0, 0.1) is 0 Å². The molecule has 2 aromatic carbocycles. The fourth-order valence-electron chi connectivity index (χ4n) is 4.19. The predicted octanol–water partition coefficient (Wildman–Crippen LogP) is 3.09. The van der Waals surface area contributed by atoms with E-state index in [4.69, 9.17) is 13.9 Å². The Morgan fingerprint density at radius 1 is 0.838 bits per heavy atom. The Bertz CT molecular complexity index is 1070. The molecule has 1 aromatic heterocycles. The number of ether oxygens (including phenoxy) is 2. The Balaban J connectivity index is 1.41. The topological polar surface area (TPSA) is 75.5 Å². The van der Waals surface area contributed by atoms with Gasteiger partial charge in [0.1, 0.15) is 11.5 Å². The van der Waals surface area contributed by atoms with Gasteiger partial charge in [-0.1, -0.05) is 48.5 Å². The standard InChI is InChI=1S/C29H35N3O5/c33-28(31(22-27-12-7-19-36-27)14-13-25-8-3-1-4-9-25)23-32(16-15-30-17-20-35-21-18-30)29(34)24-37-26-10-5-2-6-11-26/h1-12,19H,13-18,20-24H2. The molecular formula is C29H35N3O5. The lowest BCUT2D eigenvalue weighted by Gasteiger charge is -2.31. The van der Waals surface area contributed by atoms with E-state index in [1.807, 2.05) is 60.7 Å². The fourth-order valence-corrected chi connectivity index (χ4v) is 4.19. The Kier molecular flexibility index (Phi) is 10.2. The minimum atomic E-state index is -0.216. The van der Waals surface area contributed by atoms with Crippen molar-refractivity contribution in [3.63, 3.8) is 0 Å². The molecule has 37 heavy (non-hydrogen) atoms. The minimum absolute atomic E-state index is 0.0170. The highest BCUT2D eigenvalue weighted by Crippen LogP contribution is 2.11. The largest absolute Gasteiger partial charge is 0.484 e. The average molecular weight is 506 g/mol. The molecule has 0 saturated carbocycles.